The number of nitrogens with zero attached hydrogens (tertiary/aromatic N) is 2. The monoisotopic (exact) mass is 555 g/mol. The molecular weight excluding hydrogens is 536 g/mol. The van der Waals surface area contributed by atoms with Crippen molar-refractivity contribution in [2.45, 2.75) is 17.3 Å². The van der Waals surface area contributed by atoms with Gasteiger partial charge >= 0.3 is 0 Å². The first-order valence-corrected chi connectivity index (χ1v) is 12.6. The molecule has 0 saturated heterocycles. The number of hydrogen-bond donors (Lipinski definition) is 3. The molecule has 3 aromatic rings. The predicted octanol–water partition coefficient (Wildman–Crippen LogP) is 3.69. The number of anilines is 3. The molecule has 31 heavy (non-hydrogen) atoms. The van der Waals surface area contributed by atoms with E-state index in [-0.39, 0.29) is 38.9 Å². The van der Waals surface area contributed by atoms with Gasteiger partial charge in [0.2, 0.25) is 10.0 Å². The highest BCUT2D eigenvalue weighted by Gasteiger charge is 2.29. The number of nitrogens with one attached hydrogen (secondary N) is 2. The number of carbonyl (C=O) groups excluding carboxylic acids is 1. The molecule has 2 aromatic carbocycles. The number of sulfonamides is 1. The van der Waals surface area contributed by atoms with Gasteiger partial charge in [0.1, 0.15) is 18.0 Å². The van der Waals surface area contributed by atoms with E-state index in [1.165, 1.54) is 12.4 Å². The van der Waals surface area contributed by atoms with Gasteiger partial charge in [-0.3, -0.25) is 9.52 Å². The lowest BCUT2D eigenvalue weighted by Gasteiger charge is -2.17. The first-order valence-electron chi connectivity index (χ1n) is 9.47. The zero-order valence-corrected chi connectivity index (χ0v) is 19.2. The van der Waals surface area contributed by atoms with Crippen LogP contribution in [0.4, 0.5) is 21.6 Å². The molecule has 1 amide bonds. The predicted molar refractivity (Wildman–Crippen MR) is 126 cm³/mol. The van der Waals surface area contributed by atoms with E-state index in [1.54, 1.807) is 18.2 Å². The Kier molecular flexibility index (Phi) is 5.97. The van der Waals surface area contributed by atoms with Crippen molar-refractivity contribution in [3.8, 4) is 0 Å². The summed E-state index contributed by atoms with van der Waals surface area (Å²) >= 11 is 2.00. The van der Waals surface area contributed by atoms with E-state index in [0.29, 0.717) is 16.5 Å². The molecule has 0 unspecified atom stereocenters. The number of amides is 1. The number of rotatable bonds is 7. The fraction of sp³-hybridized carbons (Fsp3) is 0.250. The summed E-state index contributed by atoms with van der Waals surface area (Å²) in [5.74, 6) is -0.831. The number of fused-ring (bicyclic) bond motifs is 1. The summed E-state index contributed by atoms with van der Waals surface area (Å²) in [5.41, 5.74) is 6.91. The molecule has 1 aliphatic rings. The maximum atomic E-state index is 14.7. The van der Waals surface area contributed by atoms with Crippen LogP contribution >= 0.6 is 22.6 Å². The fourth-order valence-corrected chi connectivity index (χ4v) is 5.62. The molecule has 0 spiro atoms. The van der Waals surface area contributed by atoms with Crippen molar-refractivity contribution in [2.75, 3.05) is 21.5 Å². The van der Waals surface area contributed by atoms with Crippen LogP contribution in [0, 0.1) is 11.7 Å². The summed E-state index contributed by atoms with van der Waals surface area (Å²) in [6.45, 7) is 0. The first-order chi connectivity index (χ1) is 14.8. The third-order valence-electron chi connectivity index (χ3n) is 4.99. The van der Waals surface area contributed by atoms with Gasteiger partial charge < -0.3 is 11.1 Å². The van der Waals surface area contributed by atoms with E-state index in [4.69, 9.17) is 5.73 Å². The molecule has 4 rings (SSSR count). The van der Waals surface area contributed by atoms with Gasteiger partial charge in [0, 0.05) is 15.4 Å². The van der Waals surface area contributed by atoms with Crippen molar-refractivity contribution in [1.29, 1.82) is 0 Å². The minimum atomic E-state index is -3.57. The Balaban J connectivity index is 1.68. The van der Waals surface area contributed by atoms with Crippen molar-refractivity contribution in [3.05, 3.63) is 53.6 Å². The normalized spacial score (nSPS) is 13.9. The molecule has 1 aromatic heterocycles. The molecule has 1 heterocycles. The van der Waals surface area contributed by atoms with Crippen LogP contribution < -0.4 is 15.8 Å². The van der Waals surface area contributed by atoms with Gasteiger partial charge in [-0.1, -0.05) is 28.7 Å². The lowest BCUT2D eigenvalue weighted by Crippen LogP contribution is -2.20. The van der Waals surface area contributed by atoms with Crippen molar-refractivity contribution in [2.24, 2.45) is 5.92 Å². The van der Waals surface area contributed by atoms with Crippen LogP contribution in [-0.2, 0) is 14.5 Å². The minimum absolute atomic E-state index is 0.0316. The largest absolute Gasteiger partial charge is 0.383 e. The average molecular weight is 555 g/mol. The Morgan fingerprint density at radius 2 is 2.00 bits per heavy atom. The van der Waals surface area contributed by atoms with E-state index in [9.17, 15) is 17.6 Å². The Labute approximate surface area is 192 Å². The van der Waals surface area contributed by atoms with Gasteiger partial charge in [-0.25, -0.2) is 22.8 Å². The molecule has 11 heteroatoms. The zero-order valence-electron chi connectivity index (χ0n) is 16.2. The molecule has 0 radical (unpaired) electrons. The summed E-state index contributed by atoms with van der Waals surface area (Å²) in [6, 6.07) is 7.37. The third kappa shape index (κ3) is 4.71. The van der Waals surface area contributed by atoms with Crippen molar-refractivity contribution >= 4 is 66.6 Å². The second-order valence-corrected chi connectivity index (χ2v) is 9.85. The van der Waals surface area contributed by atoms with E-state index >= 15 is 0 Å². The van der Waals surface area contributed by atoms with Gasteiger partial charge in [0.25, 0.3) is 5.91 Å². The molecule has 0 bridgehead atoms. The number of nitrogens with two attached hydrogens (primary N) is 1. The molecule has 1 saturated carbocycles. The van der Waals surface area contributed by atoms with Gasteiger partial charge in [-0.05, 0) is 43.0 Å². The van der Waals surface area contributed by atoms with Crippen LogP contribution in [0.15, 0.2) is 36.7 Å². The Hall–Kier alpha value is -2.54. The molecule has 1 aliphatic carbocycles. The number of alkyl halides is 1. The standard InChI is InChI=1S/C20H19FIN5O3S/c21-15-6-7-16(27-31(29,30)9-11-4-5-11)14(8-22)18(15)26-20(28)13-3-1-2-12-17(13)24-10-25-19(12)23/h1-3,6-7,10-11,27H,4-5,8-9H2,(H,26,28)(H2,23,24,25). The summed E-state index contributed by atoms with van der Waals surface area (Å²) in [5, 5.41) is 3.09. The van der Waals surface area contributed by atoms with Crippen molar-refractivity contribution in [3.63, 3.8) is 0 Å². The SMILES string of the molecule is Nc1ncnc2c(C(=O)Nc3c(F)ccc(NS(=O)(=O)CC4CC4)c3CI)cccc12. The van der Waals surface area contributed by atoms with Gasteiger partial charge in [0.05, 0.1) is 28.2 Å². The summed E-state index contributed by atoms with van der Waals surface area (Å²) in [4.78, 5) is 21.0. The number of para-hydroxylation sites is 1. The lowest BCUT2D eigenvalue weighted by atomic mass is 10.1. The maximum Gasteiger partial charge on any atom is 0.257 e. The highest BCUT2D eigenvalue weighted by molar-refractivity contribution is 14.1. The summed E-state index contributed by atoms with van der Waals surface area (Å²) < 4.78 is 42.3. The van der Waals surface area contributed by atoms with E-state index in [1.807, 2.05) is 22.6 Å². The van der Waals surface area contributed by atoms with Crippen molar-refractivity contribution < 1.29 is 17.6 Å². The maximum absolute atomic E-state index is 14.7. The second kappa shape index (κ2) is 8.54. The van der Waals surface area contributed by atoms with Crippen LogP contribution in [0.5, 0.6) is 0 Å². The first kappa shape index (κ1) is 21.7. The van der Waals surface area contributed by atoms with E-state index in [0.717, 1.165) is 18.9 Å². The average Bonchev–Trinajstić information content (AvgIpc) is 3.53. The number of carbonyl (C=O) groups is 1. The van der Waals surface area contributed by atoms with Crippen LogP contribution in [-0.4, -0.2) is 30.0 Å². The topological polar surface area (TPSA) is 127 Å². The van der Waals surface area contributed by atoms with Crippen molar-refractivity contribution in [1.82, 2.24) is 9.97 Å². The molecule has 0 atom stereocenters. The van der Waals surface area contributed by atoms with E-state index in [2.05, 4.69) is 20.0 Å². The lowest BCUT2D eigenvalue weighted by molar-refractivity contribution is 0.102. The fourth-order valence-electron chi connectivity index (χ4n) is 3.26. The molecular formula is C20H19FIN5O3S. The molecule has 0 aliphatic heterocycles. The molecule has 4 N–H and O–H groups in total. The molecule has 8 nitrogen and oxygen atoms in total. The second-order valence-electron chi connectivity index (χ2n) is 7.32. The van der Waals surface area contributed by atoms with Gasteiger partial charge in [-0.15, -0.1) is 0 Å². The number of aromatic nitrogens is 2. The summed E-state index contributed by atoms with van der Waals surface area (Å²) in [7, 11) is -3.57. The quantitative estimate of drug-likeness (QED) is 0.302. The highest BCUT2D eigenvalue weighted by atomic mass is 127. The van der Waals surface area contributed by atoms with Crippen LogP contribution in [0.2, 0.25) is 0 Å². The van der Waals surface area contributed by atoms with E-state index < -0.39 is 21.7 Å². The van der Waals surface area contributed by atoms with Crippen LogP contribution in [0.25, 0.3) is 10.9 Å². The summed E-state index contributed by atoms with van der Waals surface area (Å²) in [6.07, 6.45) is 3.04. The Morgan fingerprint density at radius 3 is 2.71 bits per heavy atom. The zero-order chi connectivity index (χ0) is 22.2. The number of halogens is 2. The highest BCUT2D eigenvalue weighted by Crippen LogP contribution is 2.34. The third-order valence-corrected chi connectivity index (χ3v) is 7.20. The van der Waals surface area contributed by atoms with Gasteiger partial charge in [-0.2, -0.15) is 0 Å². The number of nitrogen functional groups attached to an aromatic ring is 1. The molecule has 1 fully saturated rings. The van der Waals surface area contributed by atoms with Crippen LogP contribution in [0.1, 0.15) is 28.8 Å². The number of hydrogen-bond acceptors (Lipinski definition) is 6. The number of benzene rings is 2. The Morgan fingerprint density at radius 1 is 1.23 bits per heavy atom. The smallest absolute Gasteiger partial charge is 0.257 e. The Bertz CT molecular complexity index is 1280. The molecule has 162 valence electrons. The minimum Gasteiger partial charge on any atom is -0.383 e. The van der Waals surface area contributed by atoms with Crippen LogP contribution in [0.3, 0.4) is 0 Å². The van der Waals surface area contributed by atoms with Gasteiger partial charge in [0.15, 0.2) is 0 Å².